The zero-order chi connectivity index (χ0) is 10.9. The van der Waals surface area contributed by atoms with E-state index in [0.717, 1.165) is 0 Å². The zero-order valence-corrected chi connectivity index (χ0v) is 9.60. The highest BCUT2D eigenvalue weighted by atomic mass is 32.1. The fraction of sp³-hybridized carbons (Fsp3) is 0.778. The Morgan fingerprint density at radius 1 is 1.57 bits per heavy atom. The lowest BCUT2D eigenvalue weighted by atomic mass is 10.1. The third kappa shape index (κ3) is 2.83. The van der Waals surface area contributed by atoms with Gasteiger partial charge in [-0.05, 0) is 39.9 Å². The van der Waals surface area contributed by atoms with Crippen molar-refractivity contribution < 1.29 is 14.3 Å². The summed E-state index contributed by atoms with van der Waals surface area (Å²) in [4.78, 5) is 11.6. The summed E-state index contributed by atoms with van der Waals surface area (Å²) in [5.41, 5.74) is -0.483. The largest absolute Gasteiger partial charge is 0.465 e. The van der Waals surface area contributed by atoms with Crippen LogP contribution in [0.5, 0.6) is 0 Å². The minimum absolute atomic E-state index is 0.258. The maximum Gasteiger partial charge on any atom is 0.333 e. The molecule has 0 bridgehead atoms. The van der Waals surface area contributed by atoms with Gasteiger partial charge >= 0.3 is 5.97 Å². The van der Waals surface area contributed by atoms with Gasteiger partial charge in [0, 0.05) is 0 Å². The number of rotatable bonds is 1. The Bertz CT molecular complexity index is 259. The molecule has 1 aliphatic rings. The monoisotopic (exact) mass is 217 g/mol. The third-order valence-electron chi connectivity index (χ3n) is 1.70. The van der Waals surface area contributed by atoms with Gasteiger partial charge in [0.05, 0.1) is 0 Å². The summed E-state index contributed by atoms with van der Waals surface area (Å²) in [5.74, 6) is -0.329. The number of hydrogen-bond acceptors (Lipinski definition) is 4. The van der Waals surface area contributed by atoms with E-state index in [1.54, 1.807) is 6.92 Å². The summed E-state index contributed by atoms with van der Waals surface area (Å²) < 4.78 is 10.3. The molecule has 1 aliphatic heterocycles. The van der Waals surface area contributed by atoms with Crippen LogP contribution in [-0.2, 0) is 14.3 Å². The van der Waals surface area contributed by atoms with E-state index >= 15 is 0 Å². The molecule has 80 valence electrons. The van der Waals surface area contributed by atoms with Crippen LogP contribution in [0.1, 0.15) is 27.7 Å². The summed E-state index contributed by atoms with van der Waals surface area (Å²) in [5, 5.41) is 3.02. The van der Waals surface area contributed by atoms with Gasteiger partial charge in [-0.3, -0.25) is 0 Å². The number of thiocarbonyl (C=S) groups is 1. The van der Waals surface area contributed by atoms with E-state index in [4.69, 9.17) is 21.7 Å². The predicted octanol–water partition coefficient (Wildman–Crippen LogP) is 0.990. The van der Waals surface area contributed by atoms with Crippen molar-refractivity contribution in [3.05, 3.63) is 0 Å². The number of nitrogens with one attached hydrogen (secondary N) is 1. The van der Waals surface area contributed by atoms with Gasteiger partial charge in [0.15, 0.2) is 6.04 Å². The molecule has 2 atom stereocenters. The second-order valence-corrected chi connectivity index (χ2v) is 4.64. The highest BCUT2D eigenvalue weighted by Gasteiger charge is 2.36. The second kappa shape index (κ2) is 3.73. The highest BCUT2D eigenvalue weighted by molar-refractivity contribution is 7.80. The molecule has 1 rings (SSSR count). The number of ether oxygens (including phenoxy) is 2. The van der Waals surface area contributed by atoms with Crippen LogP contribution in [0.3, 0.4) is 0 Å². The molecular weight excluding hydrogens is 202 g/mol. The van der Waals surface area contributed by atoms with Gasteiger partial charge in [0.1, 0.15) is 11.7 Å². The Balaban J connectivity index is 2.58. The summed E-state index contributed by atoms with van der Waals surface area (Å²) in [7, 11) is 0. The van der Waals surface area contributed by atoms with E-state index in [0.29, 0.717) is 0 Å². The van der Waals surface area contributed by atoms with Gasteiger partial charge in [-0.25, -0.2) is 4.79 Å². The summed E-state index contributed by atoms with van der Waals surface area (Å²) >= 11 is 4.79. The van der Waals surface area contributed by atoms with E-state index < -0.39 is 11.6 Å². The van der Waals surface area contributed by atoms with Gasteiger partial charge in [-0.2, -0.15) is 0 Å². The summed E-state index contributed by atoms with van der Waals surface area (Å²) in [6.07, 6.45) is -0.266. The van der Waals surface area contributed by atoms with Crippen LogP contribution in [0.25, 0.3) is 0 Å². The van der Waals surface area contributed by atoms with Crippen LogP contribution in [0, 0.1) is 0 Å². The Kier molecular flexibility index (Phi) is 2.99. The quantitative estimate of drug-likeness (QED) is 0.524. The zero-order valence-electron chi connectivity index (χ0n) is 8.79. The molecule has 0 saturated carbocycles. The maximum atomic E-state index is 11.6. The van der Waals surface area contributed by atoms with Crippen LogP contribution in [-0.4, -0.2) is 28.9 Å². The van der Waals surface area contributed by atoms with E-state index in [2.05, 4.69) is 5.32 Å². The van der Waals surface area contributed by atoms with Crippen molar-refractivity contribution in [1.29, 1.82) is 0 Å². The van der Waals surface area contributed by atoms with Crippen molar-refractivity contribution in [1.82, 2.24) is 5.32 Å². The van der Waals surface area contributed by atoms with Gasteiger partial charge in [-0.1, -0.05) is 0 Å². The van der Waals surface area contributed by atoms with Crippen LogP contribution in [0.2, 0.25) is 0 Å². The van der Waals surface area contributed by atoms with Gasteiger partial charge < -0.3 is 14.8 Å². The summed E-state index contributed by atoms with van der Waals surface area (Å²) in [6, 6.07) is -0.485. The lowest BCUT2D eigenvalue weighted by Crippen LogP contribution is -2.42. The van der Waals surface area contributed by atoms with Crippen molar-refractivity contribution in [2.75, 3.05) is 0 Å². The molecule has 14 heavy (non-hydrogen) atoms. The normalized spacial score (nSPS) is 26.7. The van der Waals surface area contributed by atoms with E-state index in [1.807, 2.05) is 20.8 Å². The maximum absolute atomic E-state index is 11.6. The number of carbonyl (C=O) groups excluding carboxylic acids is 1. The minimum atomic E-state index is -0.485. The molecule has 2 unspecified atom stereocenters. The molecule has 0 amide bonds. The number of carbonyl (C=O) groups is 1. The first-order valence-electron chi connectivity index (χ1n) is 4.49. The van der Waals surface area contributed by atoms with Crippen molar-refractivity contribution >= 4 is 23.4 Å². The molecule has 1 heterocycles. The molecule has 0 aromatic carbocycles. The fourth-order valence-corrected chi connectivity index (χ4v) is 1.41. The van der Waals surface area contributed by atoms with Crippen molar-refractivity contribution in [2.45, 2.75) is 45.4 Å². The van der Waals surface area contributed by atoms with Crippen LogP contribution >= 0.6 is 12.2 Å². The molecule has 0 spiro atoms. The molecule has 1 N–H and O–H groups in total. The smallest absolute Gasteiger partial charge is 0.333 e. The van der Waals surface area contributed by atoms with Crippen LogP contribution in [0.15, 0.2) is 0 Å². The predicted molar refractivity (Wildman–Crippen MR) is 55.9 cm³/mol. The first-order valence-corrected chi connectivity index (χ1v) is 4.90. The molecule has 5 heteroatoms. The van der Waals surface area contributed by atoms with Crippen LogP contribution in [0.4, 0.5) is 0 Å². The van der Waals surface area contributed by atoms with Crippen molar-refractivity contribution in [2.24, 2.45) is 0 Å². The molecule has 0 radical (unpaired) electrons. The minimum Gasteiger partial charge on any atom is -0.465 e. The molecule has 0 aromatic heterocycles. The Morgan fingerprint density at radius 2 is 2.14 bits per heavy atom. The van der Waals surface area contributed by atoms with E-state index in [9.17, 15) is 4.79 Å². The lowest BCUT2D eigenvalue weighted by Gasteiger charge is -2.22. The molecular formula is C9H15NO3S. The number of esters is 1. The van der Waals surface area contributed by atoms with Crippen molar-refractivity contribution in [3.63, 3.8) is 0 Å². The standard InChI is InChI=1S/C9H15NO3S/c1-5-6(10-8(14)12-5)7(11)13-9(2,3)4/h5-6H,1-4H3,(H,10,14). The third-order valence-corrected chi connectivity index (χ3v) is 1.91. The molecule has 0 aromatic rings. The van der Waals surface area contributed by atoms with Crippen LogP contribution < -0.4 is 5.32 Å². The van der Waals surface area contributed by atoms with Crippen molar-refractivity contribution in [3.8, 4) is 0 Å². The van der Waals surface area contributed by atoms with E-state index in [-0.39, 0.29) is 17.2 Å². The average Bonchev–Trinajstić information content (AvgIpc) is 2.26. The molecule has 4 nitrogen and oxygen atoms in total. The Morgan fingerprint density at radius 3 is 2.50 bits per heavy atom. The van der Waals surface area contributed by atoms with Gasteiger partial charge in [0.25, 0.3) is 5.17 Å². The molecule has 1 fully saturated rings. The van der Waals surface area contributed by atoms with Gasteiger partial charge in [0.2, 0.25) is 0 Å². The van der Waals surface area contributed by atoms with Gasteiger partial charge in [-0.15, -0.1) is 0 Å². The first-order chi connectivity index (χ1) is 6.29. The average molecular weight is 217 g/mol. The Labute approximate surface area is 89.0 Å². The highest BCUT2D eigenvalue weighted by Crippen LogP contribution is 2.14. The first kappa shape index (κ1) is 11.2. The Hall–Kier alpha value is -0.840. The molecule has 1 saturated heterocycles. The summed E-state index contributed by atoms with van der Waals surface area (Å²) in [6.45, 7) is 7.25. The second-order valence-electron chi connectivity index (χ2n) is 4.27. The molecule has 0 aliphatic carbocycles. The van der Waals surface area contributed by atoms with E-state index in [1.165, 1.54) is 0 Å². The topological polar surface area (TPSA) is 47.6 Å². The fourth-order valence-electron chi connectivity index (χ4n) is 1.13. The number of hydrogen-bond donors (Lipinski definition) is 1. The SMILES string of the molecule is CC1OC(=S)NC1C(=O)OC(C)(C)C. The lowest BCUT2D eigenvalue weighted by molar-refractivity contribution is -0.158.